The summed E-state index contributed by atoms with van der Waals surface area (Å²) < 4.78 is 19.6. The molecule has 0 spiro atoms. The Morgan fingerprint density at radius 1 is 1.07 bits per heavy atom. The molecule has 6 heteroatoms. The van der Waals surface area contributed by atoms with Gasteiger partial charge < -0.3 is 15.0 Å². The van der Waals surface area contributed by atoms with Crippen LogP contribution in [-0.2, 0) is 11.2 Å². The maximum absolute atomic E-state index is 13.9. The zero-order chi connectivity index (χ0) is 21.1. The van der Waals surface area contributed by atoms with Crippen molar-refractivity contribution in [3.05, 3.63) is 89.7 Å². The van der Waals surface area contributed by atoms with Crippen LogP contribution in [0.4, 0.5) is 15.8 Å². The molecule has 0 aliphatic carbocycles. The molecule has 2 amide bonds. The number of fused-ring (bicyclic) bond motifs is 1. The van der Waals surface area contributed by atoms with Crippen LogP contribution in [0.1, 0.15) is 22.8 Å². The summed E-state index contributed by atoms with van der Waals surface area (Å²) in [7, 11) is 0. The van der Waals surface area contributed by atoms with E-state index in [0.29, 0.717) is 30.1 Å². The van der Waals surface area contributed by atoms with Gasteiger partial charge in [-0.3, -0.25) is 9.59 Å². The molecule has 1 unspecified atom stereocenters. The predicted octanol–water partition coefficient (Wildman–Crippen LogP) is 4.43. The van der Waals surface area contributed by atoms with Gasteiger partial charge in [0.15, 0.2) is 6.10 Å². The summed E-state index contributed by atoms with van der Waals surface area (Å²) in [4.78, 5) is 26.9. The second kappa shape index (κ2) is 8.37. The Bertz CT molecular complexity index is 1080. The molecule has 0 radical (unpaired) electrons. The molecule has 5 nitrogen and oxygen atoms in total. The van der Waals surface area contributed by atoms with Gasteiger partial charge in [0.2, 0.25) is 0 Å². The minimum Gasteiger partial charge on any atom is -0.479 e. The van der Waals surface area contributed by atoms with Crippen LogP contribution in [0, 0.1) is 5.82 Å². The van der Waals surface area contributed by atoms with Crippen LogP contribution in [-0.4, -0.2) is 24.5 Å². The molecule has 1 heterocycles. The van der Waals surface area contributed by atoms with Crippen LogP contribution < -0.4 is 15.0 Å². The lowest BCUT2D eigenvalue weighted by Crippen LogP contribution is -2.45. The van der Waals surface area contributed by atoms with Gasteiger partial charge in [0.05, 0.1) is 11.3 Å². The molecule has 1 atom stereocenters. The molecule has 0 saturated heterocycles. The van der Waals surface area contributed by atoms with Crippen molar-refractivity contribution in [1.29, 1.82) is 0 Å². The molecular weight excluding hydrogens is 383 g/mol. The van der Waals surface area contributed by atoms with Gasteiger partial charge in [0.25, 0.3) is 11.8 Å². The molecule has 0 bridgehead atoms. The average Bonchev–Trinajstić information content (AvgIpc) is 2.75. The van der Waals surface area contributed by atoms with Crippen molar-refractivity contribution in [3.63, 3.8) is 0 Å². The van der Waals surface area contributed by atoms with E-state index in [1.54, 1.807) is 36.1 Å². The lowest BCUT2D eigenvalue weighted by molar-refractivity contribution is -0.125. The highest BCUT2D eigenvalue weighted by atomic mass is 19.1. The monoisotopic (exact) mass is 404 g/mol. The van der Waals surface area contributed by atoms with E-state index in [-0.39, 0.29) is 11.5 Å². The Kier molecular flexibility index (Phi) is 5.48. The standard InChI is InChI=1S/C24H21FN2O3/c1-16-24(29)27(14-13-17-7-3-2-4-8-17)21-15-18(11-12-22(21)30-16)26-23(28)19-9-5-6-10-20(19)25/h2-12,15-16H,13-14H2,1H3,(H,26,28). The first-order valence-electron chi connectivity index (χ1n) is 9.75. The van der Waals surface area contributed by atoms with Crippen LogP contribution in [0.2, 0.25) is 0 Å². The first-order valence-corrected chi connectivity index (χ1v) is 9.75. The van der Waals surface area contributed by atoms with Crippen molar-refractivity contribution in [2.75, 3.05) is 16.8 Å². The van der Waals surface area contributed by atoms with Crippen LogP contribution in [0.15, 0.2) is 72.8 Å². The highest BCUT2D eigenvalue weighted by Crippen LogP contribution is 2.36. The van der Waals surface area contributed by atoms with Gasteiger partial charge in [0.1, 0.15) is 11.6 Å². The van der Waals surface area contributed by atoms with E-state index in [2.05, 4.69) is 5.32 Å². The normalized spacial score (nSPS) is 15.3. The Balaban J connectivity index is 1.58. The molecule has 4 rings (SSSR count). The van der Waals surface area contributed by atoms with Crippen molar-refractivity contribution >= 4 is 23.2 Å². The largest absolute Gasteiger partial charge is 0.479 e. The van der Waals surface area contributed by atoms with Crippen LogP contribution >= 0.6 is 0 Å². The molecule has 0 aromatic heterocycles. The van der Waals surface area contributed by atoms with E-state index in [1.807, 2.05) is 30.3 Å². The van der Waals surface area contributed by atoms with Crippen molar-refractivity contribution in [3.8, 4) is 5.75 Å². The van der Waals surface area contributed by atoms with Gasteiger partial charge in [-0.05, 0) is 49.2 Å². The quantitative estimate of drug-likeness (QED) is 0.684. The fourth-order valence-electron chi connectivity index (χ4n) is 3.44. The van der Waals surface area contributed by atoms with Gasteiger partial charge >= 0.3 is 0 Å². The summed E-state index contributed by atoms with van der Waals surface area (Å²) in [6.07, 6.45) is 0.0945. The molecule has 1 N–H and O–H groups in total. The number of anilines is 2. The van der Waals surface area contributed by atoms with E-state index < -0.39 is 17.8 Å². The number of carbonyl (C=O) groups is 2. The summed E-state index contributed by atoms with van der Waals surface area (Å²) in [6, 6.07) is 20.8. The smallest absolute Gasteiger partial charge is 0.267 e. The van der Waals surface area contributed by atoms with E-state index in [0.717, 1.165) is 5.56 Å². The summed E-state index contributed by atoms with van der Waals surface area (Å²) >= 11 is 0. The Morgan fingerprint density at radius 2 is 1.80 bits per heavy atom. The van der Waals surface area contributed by atoms with E-state index in [9.17, 15) is 14.0 Å². The van der Waals surface area contributed by atoms with Crippen molar-refractivity contribution in [2.24, 2.45) is 0 Å². The molecule has 0 fully saturated rings. The average molecular weight is 404 g/mol. The Hall–Kier alpha value is -3.67. The summed E-state index contributed by atoms with van der Waals surface area (Å²) in [6.45, 7) is 2.20. The lowest BCUT2D eigenvalue weighted by atomic mass is 10.1. The minimum atomic E-state index is -0.593. The van der Waals surface area contributed by atoms with Crippen molar-refractivity contribution < 1.29 is 18.7 Å². The number of ether oxygens (including phenoxy) is 1. The predicted molar refractivity (Wildman–Crippen MR) is 113 cm³/mol. The molecule has 1 aliphatic heterocycles. The molecular formula is C24H21FN2O3. The van der Waals surface area contributed by atoms with Crippen LogP contribution in [0.3, 0.4) is 0 Å². The zero-order valence-corrected chi connectivity index (χ0v) is 16.5. The summed E-state index contributed by atoms with van der Waals surface area (Å²) in [5, 5.41) is 2.70. The van der Waals surface area contributed by atoms with E-state index in [4.69, 9.17) is 4.74 Å². The molecule has 3 aromatic rings. The number of rotatable bonds is 5. The minimum absolute atomic E-state index is 0.0443. The number of carbonyl (C=O) groups excluding carboxylic acids is 2. The summed E-state index contributed by atoms with van der Waals surface area (Å²) in [5.74, 6) is -0.722. The van der Waals surface area contributed by atoms with Crippen molar-refractivity contribution in [1.82, 2.24) is 0 Å². The van der Waals surface area contributed by atoms with E-state index in [1.165, 1.54) is 18.2 Å². The molecule has 30 heavy (non-hydrogen) atoms. The van der Waals surface area contributed by atoms with Gasteiger partial charge in [-0.1, -0.05) is 42.5 Å². The topological polar surface area (TPSA) is 58.6 Å². The highest BCUT2D eigenvalue weighted by molar-refractivity contribution is 6.06. The fraction of sp³-hybridized carbons (Fsp3) is 0.167. The maximum Gasteiger partial charge on any atom is 0.267 e. The number of hydrogen-bond donors (Lipinski definition) is 1. The van der Waals surface area contributed by atoms with Crippen LogP contribution in [0.25, 0.3) is 0 Å². The van der Waals surface area contributed by atoms with Gasteiger partial charge in [-0.25, -0.2) is 4.39 Å². The number of halogens is 1. The van der Waals surface area contributed by atoms with Gasteiger partial charge in [-0.2, -0.15) is 0 Å². The third kappa shape index (κ3) is 4.03. The molecule has 152 valence electrons. The maximum atomic E-state index is 13.9. The number of amides is 2. The molecule has 3 aromatic carbocycles. The number of nitrogens with zero attached hydrogens (tertiary/aromatic N) is 1. The van der Waals surface area contributed by atoms with E-state index >= 15 is 0 Å². The second-order valence-electron chi connectivity index (χ2n) is 7.10. The highest BCUT2D eigenvalue weighted by Gasteiger charge is 2.31. The SMILES string of the molecule is CC1Oc2ccc(NC(=O)c3ccccc3F)cc2N(CCc2ccccc2)C1=O. The number of benzene rings is 3. The van der Waals surface area contributed by atoms with Crippen molar-refractivity contribution in [2.45, 2.75) is 19.4 Å². The zero-order valence-electron chi connectivity index (χ0n) is 16.5. The summed E-state index contributed by atoms with van der Waals surface area (Å²) in [5.41, 5.74) is 2.12. The third-order valence-electron chi connectivity index (χ3n) is 5.01. The second-order valence-corrected chi connectivity index (χ2v) is 7.10. The molecule has 1 aliphatic rings. The Labute approximate surface area is 174 Å². The lowest BCUT2D eigenvalue weighted by Gasteiger charge is -2.33. The Morgan fingerprint density at radius 3 is 2.57 bits per heavy atom. The van der Waals surface area contributed by atoms with Crippen LogP contribution in [0.5, 0.6) is 5.75 Å². The van der Waals surface area contributed by atoms with Gasteiger partial charge in [-0.15, -0.1) is 0 Å². The van der Waals surface area contributed by atoms with Gasteiger partial charge in [0, 0.05) is 12.2 Å². The number of nitrogens with one attached hydrogen (secondary N) is 1. The third-order valence-corrected chi connectivity index (χ3v) is 5.01. The number of hydrogen-bond acceptors (Lipinski definition) is 3. The molecule has 0 saturated carbocycles. The first kappa shape index (κ1) is 19.6. The first-order chi connectivity index (χ1) is 14.5. The fourth-order valence-corrected chi connectivity index (χ4v) is 3.44.